The molecule has 2 aliphatic heterocycles. The SMILES string of the molecule is CCOC(=O)C1=C(C)N(CC(=O)N2CCC(Cc3ccccc3)CC2)C(=O)CC1c1cccc(Oc2ccccc2)c1. The summed E-state index contributed by atoms with van der Waals surface area (Å²) in [6.45, 7) is 4.96. The molecule has 3 aromatic rings. The van der Waals surface area contributed by atoms with Crippen molar-refractivity contribution in [1.29, 1.82) is 0 Å². The third kappa shape index (κ3) is 6.90. The zero-order valence-corrected chi connectivity index (χ0v) is 24.3. The number of benzene rings is 3. The smallest absolute Gasteiger partial charge is 0.336 e. The van der Waals surface area contributed by atoms with Gasteiger partial charge < -0.3 is 19.3 Å². The first kappa shape index (κ1) is 29.1. The number of likely N-dealkylation sites (tertiary alicyclic amines) is 1. The highest BCUT2D eigenvalue weighted by Gasteiger charge is 2.38. The molecule has 1 saturated heterocycles. The first-order valence-electron chi connectivity index (χ1n) is 14.8. The van der Waals surface area contributed by atoms with Crippen LogP contribution in [0.15, 0.2) is 96.2 Å². The van der Waals surface area contributed by atoms with Crippen molar-refractivity contribution < 1.29 is 23.9 Å². The number of amides is 2. The fraction of sp³-hybridized carbons (Fsp3) is 0.343. The molecule has 0 aliphatic carbocycles. The highest BCUT2D eigenvalue weighted by molar-refractivity contribution is 5.97. The van der Waals surface area contributed by atoms with E-state index >= 15 is 0 Å². The number of hydrogen-bond donors (Lipinski definition) is 0. The van der Waals surface area contributed by atoms with E-state index in [4.69, 9.17) is 9.47 Å². The third-order valence-electron chi connectivity index (χ3n) is 8.19. The lowest BCUT2D eigenvalue weighted by molar-refractivity contribution is -0.143. The van der Waals surface area contributed by atoms with E-state index in [1.165, 1.54) is 10.5 Å². The van der Waals surface area contributed by atoms with Crippen molar-refractivity contribution in [2.24, 2.45) is 5.92 Å². The summed E-state index contributed by atoms with van der Waals surface area (Å²) in [5, 5.41) is 0. The summed E-state index contributed by atoms with van der Waals surface area (Å²) in [6.07, 6.45) is 2.94. The molecule has 1 fully saturated rings. The number of ether oxygens (including phenoxy) is 2. The molecule has 0 N–H and O–H groups in total. The van der Waals surface area contributed by atoms with Gasteiger partial charge in [-0.25, -0.2) is 4.79 Å². The number of hydrogen-bond acceptors (Lipinski definition) is 5. The fourth-order valence-electron chi connectivity index (χ4n) is 5.95. The number of nitrogens with zero attached hydrogens (tertiary/aromatic N) is 2. The highest BCUT2D eigenvalue weighted by Crippen LogP contribution is 2.38. The molecule has 0 saturated carbocycles. The van der Waals surface area contributed by atoms with E-state index in [1.54, 1.807) is 13.8 Å². The quantitative estimate of drug-likeness (QED) is 0.292. The van der Waals surface area contributed by atoms with Gasteiger partial charge in [-0.3, -0.25) is 9.59 Å². The number of piperidine rings is 1. The van der Waals surface area contributed by atoms with Gasteiger partial charge in [0, 0.05) is 31.1 Å². The summed E-state index contributed by atoms with van der Waals surface area (Å²) >= 11 is 0. The number of rotatable bonds is 9. The maximum absolute atomic E-state index is 13.5. The Kier molecular flexibility index (Phi) is 9.37. The van der Waals surface area contributed by atoms with Crippen LogP contribution in [-0.4, -0.2) is 53.8 Å². The number of carbonyl (C=O) groups is 3. The average Bonchev–Trinajstić information content (AvgIpc) is 3.00. The van der Waals surface area contributed by atoms with Gasteiger partial charge in [-0.05, 0) is 74.4 Å². The van der Waals surface area contributed by atoms with Gasteiger partial charge in [-0.2, -0.15) is 0 Å². The predicted molar refractivity (Wildman–Crippen MR) is 161 cm³/mol. The summed E-state index contributed by atoms with van der Waals surface area (Å²) in [7, 11) is 0. The average molecular weight is 567 g/mol. The number of allylic oxidation sites excluding steroid dienone is 1. The largest absolute Gasteiger partial charge is 0.463 e. The van der Waals surface area contributed by atoms with E-state index in [0.717, 1.165) is 24.8 Å². The Hall–Kier alpha value is -4.39. The van der Waals surface area contributed by atoms with Gasteiger partial charge in [-0.1, -0.05) is 60.7 Å². The van der Waals surface area contributed by atoms with Crippen molar-refractivity contribution in [3.63, 3.8) is 0 Å². The lowest BCUT2D eigenvalue weighted by Crippen LogP contribution is -2.47. The van der Waals surface area contributed by atoms with Gasteiger partial charge in [0.25, 0.3) is 0 Å². The second kappa shape index (κ2) is 13.5. The molecule has 7 nitrogen and oxygen atoms in total. The number of carbonyl (C=O) groups excluding carboxylic acids is 3. The Bertz CT molecular complexity index is 1430. The normalized spacial score (nSPS) is 17.8. The van der Waals surface area contributed by atoms with Gasteiger partial charge >= 0.3 is 5.97 Å². The minimum absolute atomic E-state index is 0.0622. The zero-order valence-electron chi connectivity index (χ0n) is 24.3. The number of para-hydroxylation sites is 1. The van der Waals surface area contributed by atoms with Crippen molar-refractivity contribution in [1.82, 2.24) is 9.80 Å². The van der Waals surface area contributed by atoms with Crippen LogP contribution >= 0.6 is 0 Å². The Balaban J connectivity index is 1.31. The summed E-state index contributed by atoms with van der Waals surface area (Å²) < 4.78 is 11.4. The van der Waals surface area contributed by atoms with Crippen molar-refractivity contribution in [3.8, 4) is 11.5 Å². The second-order valence-electron chi connectivity index (χ2n) is 11.0. The molecule has 2 amide bonds. The van der Waals surface area contributed by atoms with Crippen LogP contribution in [0.4, 0.5) is 0 Å². The van der Waals surface area contributed by atoms with Crippen molar-refractivity contribution >= 4 is 17.8 Å². The van der Waals surface area contributed by atoms with E-state index in [1.807, 2.05) is 65.6 Å². The summed E-state index contributed by atoms with van der Waals surface area (Å²) in [5.41, 5.74) is 2.98. The van der Waals surface area contributed by atoms with Gasteiger partial charge in [0.1, 0.15) is 18.0 Å². The van der Waals surface area contributed by atoms with Crippen molar-refractivity contribution in [3.05, 3.63) is 107 Å². The van der Waals surface area contributed by atoms with Crippen LogP contribution in [0.2, 0.25) is 0 Å². The lowest BCUT2D eigenvalue weighted by atomic mass is 9.83. The van der Waals surface area contributed by atoms with Crippen molar-refractivity contribution in [2.75, 3.05) is 26.2 Å². The van der Waals surface area contributed by atoms with Crippen LogP contribution in [0.25, 0.3) is 0 Å². The van der Waals surface area contributed by atoms with E-state index in [0.29, 0.717) is 41.8 Å². The van der Waals surface area contributed by atoms with Gasteiger partial charge in [0.2, 0.25) is 11.8 Å². The first-order valence-corrected chi connectivity index (χ1v) is 14.8. The van der Waals surface area contributed by atoms with Gasteiger partial charge in [0.05, 0.1) is 12.2 Å². The molecule has 0 aromatic heterocycles. The van der Waals surface area contributed by atoms with Crippen LogP contribution < -0.4 is 4.74 Å². The monoisotopic (exact) mass is 566 g/mol. The molecular formula is C35H38N2O5. The Labute approximate surface area is 247 Å². The molecule has 0 bridgehead atoms. The van der Waals surface area contributed by atoms with Gasteiger partial charge in [-0.15, -0.1) is 0 Å². The molecule has 2 heterocycles. The van der Waals surface area contributed by atoms with Crippen LogP contribution in [0.5, 0.6) is 11.5 Å². The van der Waals surface area contributed by atoms with Crippen LogP contribution in [0.1, 0.15) is 50.2 Å². The predicted octanol–water partition coefficient (Wildman–Crippen LogP) is 6.11. The Morgan fingerprint density at radius 3 is 2.24 bits per heavy atom. The molecule has 218 valence electrons. The molecule has 3 aromatic carbocycles. The van der Waals surface area contributed by atoms with Crippen LogP contribution in [-0.2, 0) is 25.5 Å². The van der Waals surface area contributed by atoms with E-state index in [2.05, 4.69) is 24.3 Å². The van der Waals surface area contributed by atoms with Crippen molar-refractivity contribution in [2.45, 2.75) is 45.4 Å². The molecule has 1 unspecified atom stereocenters. The Morgan fingerprint density at radius 2 is 1.55 bits per heavy atom. The molecule has 5 rings (SSSR count). The standard InChI is InChI=1S/C35H38N2O5/c1-3-41-35(40)34-25(2)37(24-33(39)36-19-17-27(18-20-36)21-26-11-6-4-7-12-26)32(38)23-31(34)28-13-10-16-30(22-28)42-29-14-8-5-9-15-29/h4-16,22,27,31H,3,17-21,23-24H2,1-2H3. The van der Waals surface area contributed by atoms with Crippen LogP contribution in [0.3, 0.4) is 0 Å². The lowest BCUT2D eigenvalue weighted by Gasteiger charge is -2.37. The third-order valence-corrected chi connectivity index (χ3v) is 8.19. The second-order valence-corrected chi connectivity index (χ2v) is 11.0. The summed E-state index contributed by atoms with van der Waals surface area (Å²) in [4.78, 5) is 43.4. The maximum Gasteiger partial charge on any atom is 0.336 e. The Morgan fingerprint density at radius 1 is 0.881 bits per heavy atom. The van der Waals surface area contributed by atoms with E-state index in [9.17, 15) is 14.4 Å². The maximum atomic E-state index is 13.5. The summed E-state index contributed by atoms with van der Waals surface area (Å²) in [5.74, 6) is 0.582. The minimum atomic E-state index is -0.504. The fourth-order valence-corrected chi connectivity index (χ4v) is 5.95. The molecule has 7 heteroatoms. The first-order chi connectivity index (χ1) is 20.4. The molecule has 2 aliphatic rings. The van der Waals surface area contributed by atoms with E-state index < -0.39 is 11.9 Å². The number of esters is 1. The van der Waals surface area contributed by atoms with Crippen LogP contribution in [0, 0.1) is 5.92 Å². The molecule has 1 atom stereocenters. The van der Waals surface area contributed by atoms with Gasteiger partial charge in [0.15, 0.2) is 0 Å². The molecule has 0 spiro atoms. The zero-order chi connectivity index (χ0) is 29.5. The minimum Gasteiger partial charge on any atom is -0.463 e. The molecule has 42 heavy (non-hydrogen) atoms. The topological polar surface area (TPSA) is 76.2 Å². The highest BCUT2D eigenvalue weighted by atomic mass is 16.5. The molecular weight excluding hydrogens is 528 g/mol. The molecule has 0 radical (unpaired) electrons. The van der Waals surface area contributed by atoms with E-state index in [-0.39, 0.29) is 31.4 Å². The summed E-state index contributed by atoms with van der Waals surface area (Å²) in [6, 6.07) is 27.3.